The van der Waals surface area contributed by atoms with E-state index in [1.54, 1.807) is 61.5 Å². The van der Waals surface area contributed by atoms with Gasteiger partial charge in [-0.1, -0.05) is 30.3 Å². The fraction of sp³-hybridized carbons (Fsp3) is 0.273. The molecule has 2 aromatic rings. The van der Waals surface area contributed by atoms with Crippen LogP contribution in [0.25, 0.3) is 0 Å². The molecule has 1 N–H and O–H groups in total. The average molecular weight is 410 g/mol. The topological polar surface area (TPSA) is 102 Å². The van der Waals surface area contributed by atoms with Crippen molar-refractivity contribution in [2.45, 2.75) is 19.4 Å². The molecule has 0 aromatic heterocycles. The van der Waals surface area contributed by atoms with Crippen LogP contribution in [-0.2, 0) is 19.9 Å². The van der Waals surface area contributed by atoms with Gasteiger partial charge in [-0.15, -0.1) is 0 Å². The Morgan fingerprint density at radius 2 is 1.70 bits per heavy atom. The largest absolute Gasteiger partial charge is 0.494 e. The van der Waals surface area contributed by atoms with Crippen molar-refractivity contribution in [2.24, 2.45) is 0 Å². The zero-order chi connectivity index (χ0) is 21.7. The summed E-state index contributed by atoms with van der Waals surface area (Å²) in [6, 6.07) is 14.5. The molecule has 1 aliphatic heterocycles. The van der Waals surface area contributed by atoms with Crippen molar-refractivity contribution >= 4 is 23.7 Å². The molecule has 0 bridgehead atoms. The summed E-state index contributed by atoms with van der Waals surface area (Å²) in [5.74, 6) is -1.19. The number of ether oxygens (including phenoxy) is 2. The first-order valence-electron chi connectivity index (χ1n) is 9.46. The molecular weight excluding hydrogens is 388 g/mol. The molecule has 1 aliphatic rings. The second kappa shape index (κ2) is 8.77. The fourth-order valence-corrected chi connectivity index (χ4v) is 3.12. The van der Waals surface area contributed by atoms with Crippen molar-refractivity contribution in [3.05, 3.63) is 65.7 Å². The molecule has 1 saturated heterocycles. The van der Waals surface area contributed by atoms with Crippen molar-refractivity contribution in [3.8, 4) is 5.75 Å². The van der Waals surface area contributed by atoms with Crippen LogP contribution in [0.4, 0.5) is 4.79 Å². The number of carbonyl (C=O) groups is 4. The number of benzene rings is 2. The molecule has 3 rings (SSSR count). The van der Waals surface area contributed by atoms with Gasteiger partial charge in [-0.05, 0) is 43.7 Å². The molecule has 3 amide bonds. The van der Waals surface area contributed by atoms with E-state index in [0.717, 1.165) is 4.90 Å². The van der Waals surface area contributed by atoms with E-state index in [0.29, 0.717) is 23.5 Å². The lowest BCUT2D eigenvalue weighted by Gasteiger charge is -2.21. The number of hydrogen-bond donors (Lipinski definition) is 1. The summed E-state index contributed by atoms with van der Waals surface area (Å²) in [6.07, 6.45) is 0. The van der Waals surface area contributed by atoms with Crippen molar-refractivity contribution < 1.29 is 28.7 Å². The fourth-order valence-electron chi connectivity index (χ4n) is 3.12. The van der Waals surface area contributed by atoms with Crippen LogP contribution in [0.2, 0.25) is 0 Å². The summed E-state index contributed by atoms with van der Waals surface area (Å²) in [6.45, 7) is 2.86. The lowest BCUT2D eigenvalue weighted by atomic mass is 9.92. The van der Waals surface area contributed by atoms with E-state index in [4.69, 9.17) is 9.47 Å². The summed E-state index contributed by atoms with van der Waals surface area (Å²) in [5, 5.41) is 2.61. The molecule has 1 fully saturated rings. The number of urea groups is 1. The van der Waals surface area contributed by atoms with E-state index in [1.807, 2.05) is 6.92 Å². The third kappa shape index (κ3) is 4.32. The normalized spacial score (nSPS) is 18.1. The van der Waals surface area contributed by atoms with Crippen molar-refractivity contribution in [2.75, 3.05) is 19.8 Å². The highest BCUT2D eigenvalue weighted by Gasteiger charge is 2.49. The first-order valence-corrected chi connectivity index (χ1v) is 9.46. The maximum atomic E-state index is 12.8. The van der Waals surface area contributed by atoms with Crippen molar-refractivity contribution in [1.82, 2.24) is 10.2 Å². The molecule has 156 valence electrons. The van der Waals surface area contributed by atoms with Crippen LogP contribution in [0.15, 0.2) is 54.6 Å². The zero-order valence-electron chi connectivity index (χ0n) is 16.7. The minimum atomic E-state index is -1.27. The Balaban J connectivity index is 1.57. The molecule has 30 heavy (non-hydrogen) atoms. The van der Waals surface area contributed by atoms with Gasteiger partial charge in [-0.2, -0.15) is 0 Å². The minimum absolute atomic E-state index is 0.359. The highest BCUT2D eigenvalue weighted by atomic mass is 16.5. The van der Waals surface area contributed by atoms with Crippen molar-refractivity contribution in [3.63, 3.8) is 0 Å². The lowest BCUT2D eigenvalue weighted by molar-refractivity contribution is -0.146. The maximum absolute atomic E-state index is 12.8. The zero-order valence-corrected chi connectivity index (χ0v) is 16.7. The number of Topliss-reactive ketones (excluding diaryl/α,β-unsaturated/α-hetero) is 1. The van der Waals surface area contributed by atoms with E-state index < -0.39 is 42.4 Å². The first-order chi connectivity index (χ1) is 14.3. The number of imide groups is 1. The van der Waals surface area contributed by atoms with Crippen LogP contribution in [0, 0.1) is 0 Å². The van der Waals surface area contributed by atoms with Gasteiger partial charge in [0.15, 0.2) is 12.4 Å². The Bertz CT molecular complexity index is 957. The van der Waals surface area contributed by atoms with Crippen LogP contribution in [-0.4, -0.2) is 48.3 Å². The Morgan fingerprint density at radius 1 is 1.03 bits per heavy atom. The first kappa shape index (κ1) is 21.0. The van der Waals surface area contributed by atoms with E-state index in [2.05, 4.69) is 5.32 Å². The van der Waals surface area contributed by atoms with Gasteiger partial charge in [0, 0.05) is 5.56 Å². The van der Waals surface area contributed by atoms with E-state index in [9.17, 15) is 19.2 Å². The van der Waals surface area contributed by atoms with Gasteiger partial charge in [0.1, 0.15) is 17.8 Å². The molecule has 0 saturated carbocycles. The molecule has 0 radical (unpaired) electrons. The summed E-state index contributed by atoms with van der Waals surface area (Å²) in [7, 11) is 0. The molecule has 1 heterocycles. The predicted molar refractivity (Wildman–Crippen MR) is 107 cm³/mol. The molecule has 0 unspecified atom stereocenters. The number of hydrogen-bond acceptors (Lipinski definition) is 6. The molecule has 8 nitrogen and oxygen atoms in total. The number of esters is 1. The van der Waals surface area contributed by atoms with Gasteiger partial charge in [-0.25, -0.2) is 4.79 Å². The molecule has 2 aromatic carbocycles. The predicted octanol–water partition coefficient (Wildman–Crippen LogP) is 2.28. The summed E-state index contributed by atoms with van der Waals surface area (Å²) < 4.78 is 10.3. The Kier molecular flexibility index (Phi) is 6.15. The van der Waals surface area contributed by atoms with Crippen LogP contribution < -0.4 is 10.1 Å². The molecule has 8 heteroatoms. The van der Waals surface area contributed by atoms with Crippen LogP contribution in [0.1, 0.15) is 29.8 Å². The highest BCUT2D eigenvalue weighted by molar-refractivity contribution is 6.09. The highest BCUT2D eigenvalue weighted by Crippen LogP contribution is 2.28. The molecule has 1 atom stereocenters. The summed E-state index contributed by atoms with van der Waals surface area (Å²) in [5.41, 5.74) is -0.306. The SMILES string of the molecule is CCOc1ccc(C(=O)COC(=O)CN2C(=O)N[C@](C)(c3ccccc3)C2=O)cc1. The van der Waals surface area contributed by atoms with Crippen LogP contribution >= 0.6 is 0 Å². The Morgan fingerprint density at radius 3 is 2.33 bits per heavy atom. The molecule has 0 spiro atoms. The lowest BCUT2D eigenvalue weighted by Crippen LogP contribution is -2.41. The van der Waals surface area contributed by atoms with Gasteiger partial charge in [-0.3, -0.25) is 19.3 Å². The molecular formula is C22H22N2O6. The second-order valence-electron chi connectivity index (χ2n) is 6.85. The number of nitrogens with one attached hydrogen (secondary N) is 1. The summed E-state index contributed by atoms with van der Waals surface area (Å²) >= 11 is 0. The average Bonchev–Trinajstić information content (AvgIpc) is 2.97. The second-order valence-corrected chi connectivity index (χ2v) is 6.85. The third-order valence-electron chi connectivity index (χ3n) is 4.76. The number of amides is 3. The van der Waals surface area contributed by atoms with Gasteiger partial charge in [0.05, 0.1) is 6.61 Å². The molecule has 0 aliphatic carbocycles. The van der Waals surface area contributed by atoms with E-state index in [-0.39, 0.29) is 0 Å². The van der Waals surface area contributed by atoms with Crippen LogP contribution in [0.3, 0.4) is 0 Å². The number of ketones is 1. The van der Waals surface area contributed by atoms with E-state index >= 15 is 0 Å². The maximum Gasteiger partial charge on any atom is 0.326 e. The third-order valence-corrected chi connectivity index (χ3v) is 4.76. The van der Waals surface area contributed by atoms with Gasteiger partial charge < -0.3 is 14.8 Å². The number of rotatable bonds is 8. The van der Waals surface area contributed by atoms with Crippen LogP contribution in [0.5, 0.6) is 5.75 Å². The van der Waals surface area contributed by atoms with Gasteiger partial charge in [0.25, 0.3) is 5.91 Å². The van der Waals surface area contributed by atoms with Gasteiger partial charge >= 0.3 is 12.0 Å². The Labute approximate surface area is 173 Å². The monoisotopic (exact) mass is 410 g/mol. The quantitative estimate of drug-likeness (QED) is 0.407. The van der Waals surface area contributed by atoms with Crippen molar-refractivity contribution in [1.29, 1.82) is 0 Å². The van der Waals surface area contributed by atoms with E-state index in [1.165, 1.54) is 0 Å². The number of carbonyl (C=O) groups excluding carboxylic acids is 4. The number of nitrogens with zero attached hydrogens (tertiary/aromatic N) is 1. The standard InChI is InChI=1S/C22H22N2O6/c1-3-29-17-11-9-15(10-12-17)18(25)14-30-19(26)13-24-20(27)22(2,23-21(24)28)16-7-5-4-6-8-16/h4-12H,3,13-14H2,1-2H3,(H,23,28)/t22-/m1/s1. The minimum Gasteiger partial charge on any atom is -0.494 e. The smallest absolute Gasteiger partial charge is 0.326 e. The Hall–Kier alpha value is -3.68. The summed E-state index contributed by atoms with van der Waals surface area (Å²) in [4.78, 5) is 50.2. The van der Waals surface area contributed by atoms with Gasteiger partial charge in [0.2, 0.25) is 0 Å².